The number of halogens is 3. The van der Waals surface area contributed by atoms with Gasteiger partial charge < -0.3 is 4.74 Å². The van der Waals surface area contributed by atoms with Gasteiger partial charge in [-0.25, -0.2) is 8.78 Å². The Morgan fingerprint density at radius 3 is 2.47 bits per heavy atom. The predicted octanol–water partition coefficient (Wildman–Crippen LogP) is 2.00. The van der Waals surface area contributed by atoms with Crippen LogP contribution in [-0.2, 0) is 7.05 Å². The number of hydrogen-bond donors (Lipinski definition) is 0. The molecule has 0 aliphatic heterocycles. The van der Waals surface area contributed by atoms with E-state index in [0.29, 0.717) is 0 Å². The molecule has 0 aliphatic rings. The lowest BCUT2D eigenvalue weighted by Crippen LogP contribution is -1.97. The minimum Gasteiger partial charge on any atom is -0.491 e. The summed E-state index contributed by atoms with van der Waals surface area (Å²) in [4.78, 5) is 0. The Hall–Kier alpha value is -1.72. The number of aromatic nitrogens is 2. The van der Waals surface area contributed by atoms with Crippen molar-refractivity contribution >= 4 is 10.9 Å². The summed E-state index contributed by atoms with van der Waals surface area (Å²) in [5.74, 6) is -4.24. The van der Waals surface area contributed by atoms with Crippen LogP contribution in [0.25, 0.3) is 10.9 Å². The molecule has 0 saturated carbocycles. The maximum absolute atomic E-state index is 13.5. The Labute approximate surface area is 83.1 Å². The zero-order valence-corrected chi connectivity index (χ0v) is 8.01. The van der Waals surface area contributed by atoms with Crippen LogP contribution in [0.5, 0.6) is 5.75 Å². The molecule has 2 aromatic rings. The lowest BCUT2D eigenvalue weighted by Gasteiger charge is -2.04. The van der Waals surface area contributed by atoms with Crippen molar-refractivity contribution in [3.05, 3.63) is 23.6 Å². The van der Waals surface area contributed by atoms with Gasteiger partial charge in [-0.2, -0.15) is 9.49 Å². The molecule has 1 aromatic carbocycles. The summed E-state index contributed by atoms with van der Waals surface area (Å²) in [5.41, 5.74) is -0.242. The van der Waals surface area contributed by atoms with E-state index in [0.717, 1.165) is 7.11 Å². The fourth-order valence-corrected chi connectivity index (χ4v) is 1.41. The molecule has 0 fully saturated rings. The number of nitrogens with zero attached hydrogens (tertiary/aromatic N) is 2. The van der Waals surface area contributed by atoms with Crippen molar-refractivity contribution < 1.29 is 17.9 Å². The quantitative estimate of drug-likeness (QED) is 0.681. The Balaban J connectivity index is 2.94. The SMILES string of the molecule is COc1c(F)c(F)c2cn(C)nc2c1F. The van der Waals surface area contributed by atoms with Gasteiger partial charge in [0.2, 0.25) is 5.82 Å². The van der Waals surface area contributed by atoms with E-state index in [9.17, 15) is 13.2 Å². The summed E-state index contributed by atoms with van der Waals surface area (Å²) in [7, 11) is 2.55. The number of rotatable bonds is 1. The lowest BCUT2D eigenvalue weighted by atomic mass is 10.2. The van der Waals surface area contributed by atoms with E-state index in [1.807, 2.05) is 0 Å². The van der Waals surface area contributed by atoms with Crippen LogP contribution in [0.4, 0.5) is 13.2 Å². The maximum atomic E-state index is 13.5. The Kier molecular flexibility index (Phi) is 2.06. The maximum Gasteiger partial charge on any atom is 0.204 e. The molecule has 80 valence electrons. The van der Waals surface area contributed by atoms with Crippen molar-refractivity contribution in [1.29, 1.82) is 0 Å². The number of ether oxygens (including phenoxy) is 1. The molecule has 0 saturated heterocycles. The van der Waals surface area contributed by atoms with Crippen LogP contribution < -0.4 is 4.74 Å². The molecule has 0 spiro atoms. The molecule has 1 heterocycles. The summed E-state index contributed by atoms with van der Waals surface area (Å²) < 4.78 is 45.7. The van der Waals surface area contributed by atoms with Gasteiger partial charge in [-0.3, -0.25) is 4.68 Å². The van der Waals surface area contributed by atoms with E-state index in [1.54, 1.807) is 0 Å². The average molecular weight is 216 g/mol. The lowest BCUT2D eigenvalue weighted by molar-refractivity contribution is 0.350. The van der Waals surface area contributed by atoms with Gasteiger partial charge in [-0.1, -0.05) is 0 Å². The summed E-state index contributed by atoms with van der Waals surface area (Å²) in [5, 5.41) is 3.48. The van der Waals surface area contributed by atoms with Crippen LogP contribution in [0.3, 0.4) is 0 Å². The van der Waals surface area contributed by atoms with Crippen molar-refractivity contribution in [3.8, 4) is 5.75 Å². The first kappa shape index (κ1) is 9.82. The largest absolute Gasteiger partial charge is 0.491 e. The molecule has 3 nitrogen and oxygen atoms in total. The van der Waals surface area contributed by atoms with E-state index in [-0.39, 0.29) is 10.9 Å². The standard InChI is InChI=1S/C9H7F3N2O/c1-14-3-4-5(10)6(11)9(15-2)7(12)8(4)13-14/h3H,1-2H3. The predicted molar refractivity (Wildman–Crippen MR) is 47.1 cm³/mol. The van der Waals surface area contributed by atoms with Gasteiger partial charge in [0.15, 0.2) is 17.4 Å². The first-order chi connectivity index (χ1) is 7.06. The molecule has 0 N–H and O–H groups in total. The highest BCUT2D eigenvalue weighted by Gasteiger charge is 2.22. The third-order valence-electron chi connectivity index (χ3n) is 2.07. The Morgan fingerprint density at radius 2 is 1.87 bits per heavy atom. The fraction of sp³-hybridized carbons (Fsp3) is 0.222. The van der Waals surface area contributed by atoms with Crippen molar-refractivity contribution in [2.75, 3.05) is 7.11 Å². The second-order valence-electron chi connectivity index (χ2n) is 3.04. The van der Waals surface area contributed by atoms with Gasteiger partial charge in [-0.15, -0.1) is 0 Å². The summed E-state index contributed by atoms with van der Waals surface area (Å²) >= 11 is 0. The number of fused-ring (bicyclic) bond motifs is 1. The van der Waals surface area contributed by atoms with Gasteiger partial charge in [0.1, 0.15) is 5.52 Å². The highest BCUT2D eigenvalue weighted by molar-refractivity contribution is 5.81. The monoisotopic (exact) mass is 216 g/mol. The zero-order chi connectivity index (χ0) is 11.2. The van der Waals surface area contributed by atoms with Crippen LogP contribution in [0.1, 0.15) is 0 Å². The minimum atomic E-state index is -1.34. The third-order valence-corrected chi connectivity index (χ3v) is 2.07. The van der Waals surface area contributed by atoms with Crippen LogP contribution in [-0.4, -0.2) is 16.9 Å². The van der Waals surface area contributed by atoms with Gasteiger partial charge in [0.25, 0.3) is 0 Å². The van der Waals surface area contributed by atoms with Crippen LogP contribution in [0, 0.1) is 17.5 Å². The van der Waals surface area contributed by atoms with E-state index >= 15 is 0 Å². The molecule has 2 rings (SSSR count). The Bertz CT molecular complexity index is 536. The van der Waals surface area contributed by atoms with Gasteiger partial charge in [0, 0.05) is 13.2 Å². The van der Waals surface area contributed by atoms with Crippen molar-refractivity contribution in [2.45, 2.75) is 0 Å². The highest BCUT2D eigenvalue weighted by atomic mass is 19.2. The minimum absolute atomic E-state index is 0.201. The molecule has 15 heavy (non-hydrogen) atoms. The number of methoxy groups -OCH3 is 1. The average Bonchev–Trinajstić information content (AvgIpc) is 2.58. The van der Waals surface area contributed by atoms with Crippen LogP contribution in [0.15, 0.2) is 6.20 Å². The molecule has 6 heteroatoms. The van der Waals surface area contributed by atoms with Gasteiger partial charge >= 0.3 is 0 Å². The molecular formula is C9H7F3N2O. The number of aryl methyl sites for hydroxylation is 1. The third kappa shape index (κ3) is 1.25. The summed E-state index contributed by atoms with van der Waals surface area (Å²) in [6, 6.07) is 0. The van der Waals surface area contributed by atoms with E-state index < -0.39 is 23.2 Å². The molecule has 0 bridgehead atoms. The highest BCUT2D eigenvalue weighted by Crippen LogP contribution is 2.31. The Morgan fingerprint density at radius 1 is 1.20 bits per heavy atom. The van der Waals surface area contributed by atoms with E-state index in [1.165, 1.54) is 17.9 Å². The van der Waals surface area contributed by atoms with Crippen molar-refractivity contribution in [2.24, 2.45) is 7.05 Å². The molecule has 1 aromatic heterocycles. The fourth-order valence-electron chi connectivity index (χ4n) is 1.41. The summed E-state index contributed by atoms with van der Waals surface area (Å²) in [6.07, 6.45) is 1.20. The van der Waals surface area contributed by atoms with Gasteiger partial charge in [-0.05, 0) is 0 Å². The second kappa shape index (κ2) is 3.15. The smallest absolute Gasteiger partial charge is 0.204 e. The molecular weight excluding hydrogens is 209 g/mol. The molecule has 0 radical (unpaired) electrons. The van der Waals surface area contributed by atoms with E-state index in [2.05, 4.69) is 9.84 Å². The first-order valence-corrected chi connectivity index (χ1v) is 4.10. The van der Waals surface area contributed by atoms with E-state index in [4.69, 9.17) is 0 Å². The van der Waals surface area contributed by atoms with Crippen molar-refractivity contribution in [3.63, 3.8) is 0 Å². The topological polar surface area (TPSA) is 27.1 Å². The van der Waals surface area contributed by atoms with Crippen LogP contribution >= 0.6 is 0 Å². The molecule has 0 unspecified atom stereocenters. The zero-order valence-electron chi connectivity index (χ0n) is 8.01. The summed E-state index contributed by atoms with van der Waals surface area (Å²) in [6.45, 7) is 0. The number of hydrogen-bond acceptors (Lipinski definition) is 2. The first-order valence-electron chi connectivity index (χ1n) is 4.10. The van der Waals surface area contributed by atoms with Gasteiger partial charge in [0.05, 0.1) is 12.5 Å². The molecule has 0 amide bonds. The second-order valence-corrected chi connectivity index (χ2v) is 3.04. The van der Waals surface area contributed by atoms with Crippen LogP contribution in [0.2, 0.25) is 0 Å². The number of benzene rings is 1. The molecule has 0 aliphatic carbocycles. The van der Waals surface area contributed by atoms with Crippen molar-refractivity contribution in [1.82, 2.24) is 9.78 Å². The normalized spacial score (nSPS) is 11.0. The molecule has 0 atom stereocenters.